The molecule has 0 aromatic carbocycles. The molecule has 1 spiro atoms. The SMILES string of the molecule is Cc1nn(C)c(C)c1CC(=O)C1CCOC2(CCOC2)C1. The Balaban J connectivity index is 1.70. The maximum absolute atomic E-state index is 12.7. The van der Waals surface area contributed by atoms with Crippen LogP contribution in [0.2, 0.25) is 0 Å². The summed E-state index contributed by atoms with van der Waals surface area (Å²) in [6.45, 7) is 6.07. The molecule has 0 N–H and O–H groups in total. The van der Waals surface area contributed by atoms with Crippen molar-refractivity contribution in [2.45, 2.75) is 45.1 Å². The van der Waals surface area contributed by atoms with Crippen LogP contribution in [0.5, 0.6) is 0 Å². The fourth-order valence-corrected chi connectivity index (χ4v) is 3.56. The third kappa shape index (κ3) is 2.77. The molecule has 3 heterocycles. The maximum Gasteiger partial charge on any atom is 0.140 e. The number of rotatable bonds is 3. The fourth-order valence-electron chi connectivity index (χ4n) is 3.56. The Morgan fingerprint density at radius 2 is 2.24 bits per heavy atom. The topological polar surface area (TPSA) is 53.4 Å². The Labute approximate surface area is 125 Å². The highest BCUT2D eigenvalue weighted by molar-refractivity contribution is 5.84. The third-order valence-electron chi connectivity index (χ3n) is 5.03. The van der Waals surface area contributed by atoms with Crippen LogP contribution in [0.3, 0.4) is 0 Å². The molecule has 5 heteroatoms. The molecule has 2 aliphatic rings. The Bertz CT molecular complexity index is 544. The number of Topliss-reactive ketones (excluding diaryl/α,β-unsaturated/α-hetero) is 1. The largest absolute Gasteiger partial charge is 0.378 e. The zero-order chi connectivity index (χ0) is 15.0. The van der Waals surface area contributed by atoms with Gasteiger partial charge in [-0.1, -0.05) is 0 Å². The van der Waals surface area contributed by atoms with Gasteiger partial charge in [-0.25, -0.2) is 0 Å². The van der Waals surface area contributed by atoms with E-state index in [0.717, 1.165) is 42.8 Å². The number of nitrogens with zero attached hydrogens (tertiary/aromatic N) is 2. The van der Waals surface area contributed by atoms with Crippen LogP contribution in [0.15, 0.2) is 0 Å². The number of aryl methyl sites for hydroxylation is 2. The summed E-state index contributed by atoms with van der Waals surface area (Å²) in [5.74, 6) is 0.420. The van der Waals surface area contributed by atoms with Crippen LogP contribution >= 0.6 is 0 Å². The number of ether oxygens (including phenoxy) is 2. The van der Waals surface area contributed by atoms with Crippen LogP contribution in [-0.2, 0) is 27.7 Å². The van der Waals surface area contributed by atoms with Crippen LogP contribution < -0.4 is 0 Å². The number of carbonyl (C=O) groups is 1. The quantitative estimate of drug-likeness (QED) is 0.851. The Morgan fingerprint density at radius 1 is 1.43 bits per heavy atom. The van der Waals surface area contributed by atoms with Gasteiger partial charge >= 0.3 is 0 Å². The molecule has 2 unspecified atom stereocenters. The lowest BCUT2D eigenvalue weighted by Crippen LogP contribution is -2.42. The monoisotopic (exact) mass is 292 g/mol. The molecule has 3 rings (SSSR count). The highest BCUT2D eigenvalue weighted by Crippen LogP contribution is 2.36. The summed E-state index contributed by atoms with van der Waals surface area (Å²) in [7, 11) is 1.93. The molecule has 21 heavy (non-hydrogen) atoms. The average molecular weight is 292 g/mol. The predicted molar refractivity (Wildman–Crippen MR) is 78.2 cm³/mol. The van der Waals surface area contributed by atoms with Crippen molar-refractivity contribution in [3.05, 3.63) is 17.0 Å². The van der Waals surface area contributed by atoms with Crippen molar-refractivity contribution in [1.29, 1.82) is 0 Å². The number of hydrogen-bond donors (Lipinski definition) is 0. The van der Waals surface area contributed by atoms with E-state index in [-0.39, 0.29) is 11.5 Å². The Hall–Kier alpha value is -1.20. The van der Waals surface area contributed by atoms with E-state index in [1.807, 2.05) is 25.6 Å². The van der Waals surface area contributed by atoms with E-state index in [4.69, 9.17) is 9.47 Å². The Morgan fingerprint density at radius 3 is 2.86 bits per heavy atom. The van der Waals surface area contributed by atoms with Crippen LogP contribution in [-0.4, -0.2) is 41.0 Å². The number of aromatic nitrogens is 2. The van der Waals surface area contributed by atoms with Crippen LogP contribution in [0.1, 0.15) is 36.2 Å². The Kier molecular flexibility index (Phi) is 3.88. The van der Waals surface area contributed by atoms with Crippen LogP contribution in [0, 0.1) is 19.8 Å². The second-order valence-corrected chi connectivity index (χ2v) is 6.44. The molecule has 2 fully saturated rings. The van der Waals surface area contributed by atoms with Crippen LogP contribution in [0.4, 0.5) is 0 Å². The van der Waals surface area contributed by atoms with Gasteiger partial charge in [-0.3, -0.25) is 9.48 Å². The van der Waals surface area contributed by atoms with Crippen molar-refractivity contribution in [2.24, 2.45) is 13.0 Å². The second-order valence-electron chi connectivity index (χ2n) is 6.44. The lowest BCUT2D eigenvalue weighted by molar-refractivity contribution is -0.136. The molecule has 5 nitrogen and oxygen atoms in total. The highest BCUT2D eigenvalue weighted by atomic mass is 16.6. The molecule has 2 aliphatic heterocycles. The van der Waals surface area contributed by atoms with Crippen molar-refractivity contribution in [3.63, 3.8) is 0 Å². The lowest BCUT2D eigenvalue weighted by atomic mass is 9.81. The van der Waals surface area contributed by atoms with Gasteiger partial charge in [0, 0.05) is 50.3 Å². The summed E-state index contributed by atoms with van der Waals surface area (Å²) in [4.78, 5) is 12.7. The van der Waals surface area contributed by atoms with Gasteiger partial charge in [0.05, 0.1) is 17.9 Å². The van der Waals surface area contributed by atoms with E-state index in [1.165, 1.54) is 0 Å². The molecular formula is C16H24N2O3. The summed E-state index contributed by atoms with van der Waals surface area (Å²) in [6.07, 6.45) is 3.05. The molecule has 0 radical (unpaired) electrons. The molecule has 0 amide bonds. The molecule has 2 atom stereocenters. The zero-order valence-electron chi connectivity index (χ0n) is 13.1. The maximum atomic E-state index is 12.7. The molecule has 1 aromatic heterocycles. The van der Waals surface area contributed by atoms with E-state index in [9.17, 15) is 4.79 Å². The lowest BCUT2D eigenvalue weighted by Gasteiger charge is -2.36. The van der Waals surface area contributed by atoms with Crippen LogP contribution in [0.25, 0.3) is 0 Å². The fraction of sp³-hybridized carbons (Fsp3) is 0.750. The first-order valence-corrected chi connectivity index (χ1v) is 7.74. The van der Waals surface area contributed by atoms with Gasteiger partial charge in [-0.2, -0.15) is 5.10 Å². The smallest absolute Gasteiger partial charge is 0.140 e. The number of hydrogen-bond acceptors (Lipinski definition) is 4. The number of ketones is 1. The number of carbonyl (C=O) groups excluding carboxylic acids is 1. The molecule has 1 aromatic rings. The van der Waals surface area contributed by atoms with Crippen molar-refractivity contribution < 1.29 is 14.3 Å². The highest BCUT2D eigenvalue weighted by Gasteiger charge is 2.42. The van der Waals surface area contributed by atoms with Crippen molar-refractivity contribution in [3.8, 4) is 0 Å². The molecule has 0 bridgehead atoms. The normalized spacial score (nSPS) is 29.2. The standard InChI is InChI=1S/C16H24N2O3/c1-11-14(12(2)18(3)17-11)8-15(19)13-4-6-21-16(9-13)5-7-20-10-16/h13H,4-10H2,1-3H3. The van der Waals surface area contributed by atoms with Gasteiger partial charge in [0.25, 0.3) is 0 Å². The molecule has 2 saturated heterocycles. The summed E-state index contributed by atoms with van der Waals surface area (Å²) in [6, 6.07) is 0. The van der Waals surface area contributed by atoms with E-state index < -0.39 is 0 Å². The molecule has 0 aliphatic carbocycles. The summed E-state index contributed by atoms with van der Waals surface area (Å²) in [5.41, 5.74) is 2.95. The van der Waals surface area contributed by atoms with E-state index in [2.05, 4.69) is 5.10 Å². The molecule has 116 valence electrons. The minimum atomic E-state index is -0.197. The van der Waals surface area contributed by atoms with Gasteiger partial charge in [-0.15, -0.1) is 0 Å². The van der Waals surface area contributed by atoms with Gasteiger partial charge < -0.3 is 9.47 Å². The molecule has 0 saturated carbocycles. The predicted octanol–water partition coefficient (Wildman–Crippen LogP) is 1.73. The van der Waals surface area contributed by atoms with Crippen molar-refractivity contribution in [1.82, 2.24) is 9.78 Å². The van der Waals surface area contributed by atoms with Crippen molar-refractivity contribution in [2.75, 3.05) is 19.8 Å². The first-order valence-electron chi connectivity index (χ1n) is 7.74. The second kappa shape index (κ2) is 5.54. The molecular weight excluding hydrogens is 268 g/mol. The summed E-state index contributed by atoms with van der Waals surface area (Å²) in [5, 5.41) is 4.40. The minimum absolute atomic E-state index is 0.0967. The third-order valence-corrected chi connectivity index (χ3v) is 5.03. The summed E-state index contributed by atoms with van der Waals surface area (Å²) >= 11 is 0. The summed E-state index contributed by atoms with van der Waals surface area (Å²) < 4.78 is 13.2. The first kappa shape index (κ1) is 14.7. The zero-order valence-corrected chi connectivity index (χ0v) is 13.1. The van der Waals surface area contributed by atoms with Gasteiger partial charge in [0.15, 0.2) is 0 Å². The first-order chi connectivity index (χ1) is 10.0. The van der Waals surface area contributed by atoms with E-state index in [1.54, 1.807) is 0 Å². The van der Waals surface area contributed by atoms with E-state index in [0.29, 0.717) is 25.4 Å². The van der Waals surface area contributed by atoms with Gasteiger partial charge in [0.2, 0.25) is 0 Å². The van der Waals surface area contributed by atoms with Gasteiger partial charge in [0.1, 0.15) is 5.78 Å². The van der Waals surface area contributed by atoms with E-state index >= 15 is 0 Å². The minimum Gasteiger partial charge on any atom is -0.378 e. The average Bonchev–Trinajstić information content (AvgIpc) is 2.99. The van der Waals surface area contributed by atoms with Crippen molar-refractivity contribution >= 4 is 5.78 Å². The van der Waals surface area contributed by atoms with Gasteiger partial charge in [-0.05, 0) is 26.7 Å².